The van der Waals surface area contributed by atoms with Gasteiger partial charge in [0.05, 0.1) is 19.8 Å². The second-order valence-corrected chi connectivity index (χ2v) is 10.9. The summed E-state index contributed by atoms with van der Waals surface area (Å²) in [5.74, 6) is -0.338. The fourth-order valence-corrected chi connectivity index (χ4v) is 4.53. The number of unbranched alkanes of at least 4 members (excludes halogenated alkanes) is 10. The van der Waals surface area contributed by atoms with E-state index in [0.29, 0.717) is 13.0 Å². The van der Waals surface area contributed by atoms with E-state index in [2.05, 4.69) is 38.2 Å². The lowest BCUT2D eigenvalue weighted by Gasteiger charge is -2.39. The summed E-state index contributed by atoms with van der Waals surface area (Å²) in [6, 6.07) is 0. The molecule has 1 aliphatic heterocycles. The lowest BCUT2D eigenvalue weighted by atomic mass is 9.99. The van der Waals surface area contributed by atoms with Gasteiger partial charge >= 0.3 is 5.97 Å². The number of esters is 1. The van der Waals surface area contributed by atoms with Crippen LogP contribution in [0.1, 0.15) is 110 Å². The van der Waals surface area contributed by atoms with Crippen LogP contribution in [0.5, 0.6) is 0 Å². The van der Waals surface area contributed by atoms with Crippen molar-refractivity contribution in [1.82, 2.24) is 0 Å². The lowest BCUT2D eigenvalue weighted by Crippen LogP contribution is -2.59. The summed E-state index contributed by atoms with van der Waals surface area (Å²) in [6.07, 6.45) is 16.9. The molecule has 6 unspecified atom stereocenters. The van der Waals surface area contributed by atoms with Crippen LogP contribution >= 0.6 is 0 Å². The predicted octanol–water partition coefficient (Wildman–Crippen LogP) is 4.74. The summed E-state index contributed by atoms with van der Waals surface area (Å²) in [6.45, 7) is 4.31. The highest BCUT2D eigenvalue weighted by atomic mass is 16.7. The van der Waals surface area contributed by atoms with Crippen molar-refractivity contribution < 1.29 is 44.2 Å². The Hall–Kier alpha value is -1.33. The summed E-state index contributed by atoms with van der Waals surface area (Å²) in [4.78, 5) is 12.4. The van der Waals surface area contributed by atoms with Crippen molar-refractivity contribution >= 4 is 5.97 Å². The van der Waals surface area contributed by atoms with Crippen LogP contribution in [0, 0.1) is 0 Å². The Kier molecular flexibility index (Phi) is 23.2. The van der Waals surface area contributed by atoms with Crippen LogP contribution in [0.25, 0.3) is 0 Å². The molecule has 0 amide bonds. The summed E-state index contributed by atoms with van der Waals surface area (Å²) < 4.78 is 22.4. The van der Waals surface area contributed by atoms with Crippen LogP contribution in [0.3, 0.4) is 0 Å². The largest absolute Gasteiger partial charge is 0.457 e. The molecule has 1 aliphatic rings. The highest BCUT2D eigenvalue weighted by Gasteiger charge is 2.44. The van der Waals surface area contributed by atoms with Crippen LogP contribution in [0.15, 0.2) is 24.3 Å². The van der Waals surface area contributed by atoms with Crippen molar-refractivity contribution in [3.8, 4) is 0 Å². The van der Waals surface area contributed by atoms with Crippen molar-refractivity contribution in [1.29, 1.82) is 0 Å². The van der Waals surface area contributed by atoms with Gasteiger partial charge in [0.1, 0.15) is 30.5 Å². The molecule has 0 spiro atoms. The van der Waals surface area contributed by atoms with Gasteiger partial charge < -0.3 is 39.4 Å². The molecule has 0 saturated carbocycles. The number of ether oxygens (including phenoxy) is 4. The Morgan fingerprint density at radius 3 is 2.17 bits per heavy atom. The van der Waals surface area contributed by atoms with Gasteiger partial charge in [0.15, 0.2) is 6.29 Å². The van der Waals surface area contributed by atoms with Crippen molar-refractivity contribution in [2.24, 2.45) is 0 Å². The molecule has 4 N–H and O–H groups in total. The highest BCUT2D eigenvalue weighted by Crippen LogP contribution is 2.22. The number of rotatable bonds is 25. The molecule has 41 heavy (non-hydrogen) atoms. The quantitative estimate of drug-likeness (QED) is 0.0680. The molecule has 0 radical (unpaired) electrons. The number of hydrogen-bond acceptors (Lipinski definition) is 9. The third-order valence-corrected chi connectivity index (χ3v) is 7.10. The maximum atomic E-state index is 12.4. The van der Waals surface area contributed by atoms with Gasteiger partial charge in [-0.25, -0.2) is 0 Å². The molecular weight excluding hydrogens is 528 g/mol. The second-order valence-electron chi connectivity index (χ2n) is 10.9. The molecule has 0 aliphatic carbocycles. The van der Waals surface area contributed by atoms with Gasteiger partial charge in [-0.3, -0.25) is 4.79 Å². The van der Waals surface area contributed by atoms with E-state index >= 15 is 0 Å². The minimum Gasteiger partial charge on any atom is -0.457 e. The minimum absolute atomic E-state index is 0.118. The Morgan fingerprint density at radius 2 is 1.46 bits per heavy atom. The fraction of sp³-hybridized carbons (Fsp3) is 0.844. The van der Waals surface area contributed by atoms with Crippen LogP contribution in [-0.4, -0.2) is 89.6 Å². The van der Waals surface area contributed by atoms with Gasteiger partial charge in [0.2, 0.25) is 0 Å². The summed E-state index contributed by atoms with van der Waals surface area (Å²) >= 11 is 0. The normalized spacial score (nSPS) is 23.9. The summed E-state index contributed by atoms with van der Waals surface area (Å²) in [5, 5.41) is 39.6. The van der Waals surface area contributed by atoms with Crippen LogP contribution in [0.2, 0.25) is 0 Å². The highest BCUT2D eigenvalue weighted by molar-refractivity contribution is 5.69. The van der Waals surface area contributed by atoms with E-state index in [1.54, 1.807) is 0 Å². The number of aliphatic hydroxyl groups excluding tert-OH is 4. The van der Waals surface area contributed by atoms with E-state index in [0.717, 1.165) is 64.2 Å². The Morgan fingerprint density at radius 1 is 0.780 bits per heavy atom. The summed E-state index contributed by atoms with van der Waals surface area (Å²) in [5.41, 5.74) is 0. The number of aliphatic hydroxyl groups is 4. The lowest BCUT2D eigenvalue weighted by molar-refractivity contribution is -0.305. The molecule has 6 atom stereocenters. The molecule has 1 heterocycles. The third kappa shape index (κ3) is 18.1. The van der Waals surface area contributed by atoms with E-state index < -0.39 is 43.4 Å². The molecular formula is C32H58O9. The van der Waals surface area contributed by atoms with Gasteiger partial charge in [0, 0.05) is 13.0 Å². The molecule has 1 saturated heterocycles. The average molecular weight is 587 g/mol. The van der Waals surface area contributed by atoms with Crippen LogP contribution < -0.4 is 0 Å². The zero-order chi connectivity index (χ0) is 30.1. The topological polar surface area (TPSA) is 135 Å². The van der Waals surface area contributed by atoms with Gasteiger partial charge in [0.25, 0.3) is 0 Å². The van der Waals surface area contributed by atoms with E-state index in [1.165, 1.54) is 25.7 Å². The Balaban J connectivity index is 2.31. The van der Waals surface area contributed by atoms with Gasteiger partial charge in [-0.15, -0.1) is 0 Å². The molecule has 9 heteroatoms. The van der Waals surface area contributed by atoms with E-state index in [-0.39, 0.29) is 19.2 Å². The van der Waals surface area contributed by atoms with Gasteiger partial charge in [-0.05, 0) is 38.5 Å². The maximum Gasteiger partial charge on any atom is 0.306 e. The number of hydrogen-bond donors (Lipinski definition) is 4. The zero-order valence-corrected chi connectivity index (χ0v) is 25.5. The van der Waals surface area contributed by atoms with Crippen LogP contribution in [0.4, 0.5) is 0 Å². The average Bonchev–Trinajstić information content (AvgIpc) is 2.97. The summed E-state index contributed by atoms with van der Waals surface area (Å²) in [7, 11) is 0. The molecule has 1 rings (SSSR count). The first-order chi connectivity index (χ1) is 19.9. The molecule has 1 fully saturated rings. The van der Waals surface area contributed by atoms with E-state index in [9.17, 15) is 25.2 Å². The molecule has 240 valence electrons. The third-order valence-electron chi connectivity index (χ3n) is 7.10. The smallest absolute Gasteiger partial charge is 0.306 e. The van der Waals surface area contributed by atoms with Crippen molar-refractivity contribution in [3.05, 3.63) is 24.3 Å². The molecule has 9 nitrogen and oxygen atoms in total. The Labute approximate surface area is 247 Å². The van der Waals surface area contributed by atoms with Gasteiger partial charge in [-0.2, -0.15) is 0 Å². The monoisotopic (exact) mass is 586 g/mol. The first kappa shape index (κ1) is 37.7. The van der Waals surface area contributed by atoms with E-state index in [1.807, 2.05) is 0 Å². The molecule has 0 bridgehead atoms. The molecule has 0 aromatic rings. The zero-order valence-electron chi connectivity index (χ0n) is 25.5. The van der Waals surface area contributed by atoms with Crippen molar-refractivity contribution in [2.45, 2.75) is 147 Å². The van der Waals surface area contributed by atoms with Crippen molar-refractivity contribution in [3.63, 3.8) is 0 Å². The van der Waals surface area contributed by atoms with Crippen LogP contribution in [-0.2, 0) is 23.7 Å². The Bertz CT molecular complexity index is 682. The number of carbonyl (C=O) groups excluding carboxylic acids is 1. The van der Waals surface area contributed by atoms with Gasteiger partial charge in [-0.1, -0.05) is 89.5 Å². The fourth-order valence-electron chi connectivity index (χ4n) is 4.53. The standard InChI is InChI=1S/C32H58O9/c1-3-5-7-9-10-11-12-13-14-15-16-17-18-20-22-38-24-26(40-28(34)21-19-8-6-4-2)25-39-32-31(37)30(36)29(35)27(23-33)41-32/h7,9,11-12,26-27,29-33,35-37H,3-6,8,10,13-25H2,1-2H3/b9-7-,12-11-. The predicted molar refractivity (Wildman–Crippen MR) is 159 cm³/mol. The number of carbonyl (C=O) groups is 1. The SMILES string of the molecule is CCC/C=C\C/C=C\CCCCCCCCOCC(COC1OC(CO)C(O)C(O)C1O)OC(=O)CCCCCC. The second kappa shape index (κ2) is 25.2. The first-order valence-corrected chi connectivity index (χ1v) is 15.9. The van der Waals surface area contributed by atoms with Crippen molar-refractivity contribution in [2.75, 3.05) is 26.4 Å². The number of allylic oxidation sites excluding steroid dienone is 4. The first-order valence-electron chi connectivity index (χ1n) is 15.9. The molecule has 0 aromatic carbocycles. The maximum absolute atomic E-state index is 12.4. The van der Waals surface area contributed by atoms with E-state index in [4.69, 9.17) is 18.9 Å². The molecule has 0 aromatic heterocycles. The minimum atomic E-state index is -1.53.